The lowest BCUT2D eigenvalue weighted by Crippen LogP contribution is -2.61. The highest BCUT2D eigenvalue weighted by Gasteiger charge is 2.53. The first kappa shape index (κ1) is 54.2. The minimum absolute atomic E-state index is 0.0193. The van der Waals surface area contributed by atoms with E-state index in [0.717, 1.165) is 12.0 Å². The van der Waals surface area contributed by atoms with Gasteiger partial charge in [0.25, 0.3) is 11.7 Å². The van der Waals surface area contributed by atoms with Crippen molar-refractivity contribution in [1.82, 2.24) is 4.90 Å². The fraction of sp³-hybridized carbons (Fsp3) is 0.745. The highest BCUT2D eigenvalue weighted by atomic mass is 16.6. The quantitative estimate of drug-likeness (QED) is 0.156. The maximum atomic E-state index is 14.4. The average Bonchev–Trinajstić information content (AvgIpc) is 3.28. The van der Waals surface area contributed by atoms with E-state index >= 15 is 0 Å². The van der Waals surface area contributed by atoms with Gasteiger partial charge in [-0.15, -0.1) is 0 Å². The SMILES string of the molecule is COC1C[C@@H]2CC[C@@H](C)[C@@](O)(O2)C(=O)C(=O)N2CCCC[C@H]2C(=O)O[C@H]([C@H](C)C[C@@H]2CC[C@@H](O)C(OC)C2)CC(=O)C(C)/C=C(\C)C(O)[C@@H](OC)C(=O)[C@H](C)C[C@H](C)/C=C/C=C/C=C/1C. The van der Waals surface area contributed by atoms with Crippen LogP contribution in [0, 0.1) is 35.5 Å². The number of rotatable bonds is 6. The maximum absolute atomic E-state index is 14.4. The van der Waals surface area contributed by atoms with Crippen molar-refractivity contribution in [2.45, 2.75) is 180 Å². The molecule has 0 aromatic heterocycles. The molecule has 14 nitrogen and oxygen atoms in total. The van der Waals surface area contributed by atoms with Gasteiger partial charge in [0.05, 0.1) is 24.4 Å². The third-order valence-corrected chi connectivity index (χ3v) is 14.5. The maximum Gasteiger partial charge on any atom is 0.329 e. The Labute approximate surface area is 387 Å². The van der Waals surface area contributed by atoms with Gasteiger partial charge in [-0.3, -0.25) is 19.2 Å². The van der Waals surface area contributed by atoms with Crippen LogP contribution in [0.3, 0.4) is 0 Å². The Kier molecular flexibility index (Phi) is 21.0. The van der Waals surface area contributed by atoms with Crippen LogP contribution in [0.15, 0.2) is 47.6 Å². The number of fused-ring (bicyclic) bond motifs is 3. The van der Waals surface area contributed by atoms with E-state index in [0.29, 0.717) is 63.4 Å². The number of Topliss-reactive ketones (excluding diaryl/α,β-unsaturated/α-hetero) is 3. The largest absolute Gasteiger partial charge is 0.460 e. The Morgan fingerprint density at radius 1 is 0.846 bits per heavy atom. The summed E-state index contributed by atoms with van der Waals surface area (Å²) in [6, 6.07) is -1.14. The molecular weight excluding hydrogens is 835 g/mol. The lowest BCUT2D eigenvalue weighted by Gasteiger charge is -2.42. The Morgan fingerprint density at radius 3 is 2.25 bits per heavy atom. The van der Waals surface area contributed by atoms with Gasteiger partial charge >= 0.3 is 5.97 Å². The van der Waals surface area contributed by atoms with Crippen molar-refractivity contribution in [1.29, 1.82) is 0 Å². The number of ketones is 3. The van der Waals surface area contributed by atoms with Crippen molar-refractivity contribution in [2.75, 3.05) is 27.9 Å². The molecule has 4 rings (SSSR count). The summed E-state index contributed by atoms with van der Waals surface area (Å²) < 4.78 is 29.4. The molecule has 2 saturated heterocycles. The second kappa shape index (κ2) is 25.1. The summed E-state index contributed by atoms with van der Waals surface area (Å²) in [7, 11) is 4.52. The molecule has 1 saturated carbocycles. The van der Waals surface area contributed by atoms with Crippen LogP contribution in [0.25, 0.3) is 0 Å². The number of allylic oxidation sites excluding steroid dienone is 6. The van der Waals surface area contributed by atoms with Crippen LogP contribution in [0.2, 0.25) is 0 Å². The van der Waals surface area contributed by atoms with Crippen LogP contribution in [0.4, 0.5) is 0 Å². The summed E-state index contributed by atoms with van der Waals surface area (Å²) in [5.74, 6) is -7.96. The van der Waals surface area contributed by atoms with Crippen molar-refractivity contribution in [2.24, 2.45) is 35.5 Å². The zero-order valence-electron chi connectivity index (χ0n) is 40.6. The molecule has 3 fully saturated rings. The van der Waals surface area contributed by atoms with E-state index in [1.165, 1.54) is 12.0 Å². The lowest BCUT2D eigenvalue weighted by atomic mass is 9.78. The van der Waals surface area contributed by atoms with Crippen LogP contribution in [0.5, 0.6) is 0 Å². The molecule has 1 amide bonds. The van der Waals surface area contributed by atoms with Gasteiger partial charge in [-0.05, 0) is 107 Å². The molecule has 2 bridgehead atoms. The lowest BCUT2D eigenvalue weighted by molar-refractivity contribution is -0.265. The first-order valence-electron chi connectivity index (χ1n) is 23.9. The van der Waals surface area contributed by atoms with Crippen molar-refractivity contribution in [3.8, 4) is 0 Å². The molecule has 1 aliphatic carbocycles. The Hall–Kier alpha value is -3.37. The van der Waals surface area contributed by atoms with E-state index in [1.54, 1.807) is 41.1 Å². The van der Waals surface area contributed by atoms with Gasteiger partial charge in [0, 0.05) is 58.5 Å². The van der Waals surface area contributed by atoms with Gasteiger partial charge in [0.1, 0.15) is 30.1 Å². The first-order chi connectivity index (χ1) is 30.7. The van der Waals surface area contributed by atoms with E-state index in [-0.39, 0.29) is 54.8 Å². The number of nitrogens with zero attached hydrogens (tertiary/aromatic N) is 1. The number of ether oxygens (including phenoxy) is 5. The Morgan fingerprint density at radius 2 is 1.57 bits per heavy atom. The molecule has 366 valence electrons. The zero-order valence-corrected chi connectivity index (χ0v) is 40.6. The minimum Gasteiger partial charge on any atom is -0.460 e. The second-order valence-electron chi connectivity index (χ2n) is 19.6. The summed E-state index contributed by atoms with van der Waals surface area (Å²) in [6.45, 7) is 12.7. The van der Waals surface area contributed by atoms with Crippen LogP contribution in [0.1, 0.15) is 126 Å². The molecule has 0 radical (unpaired) electrons. The number of cyclic esters (lactones) is 1. The Balaban J connectivity index is 1.70. The summed E-state index contributed by atoms with van der Waals surface area (Å²) in [6.07, 6.45) is 11.2. The van der Waals surface area contributed by atoms with Crippen LogP contribution in [-0.2, 0) is 47.7 Å². The number of hydrogen-bond donors (Lipinski definition) is 3. The summed E-state index contributed by atoms with van der Waals surface area (Å²) in [5.41, 5.74) is 1.27. The number of carbonyl (C=O) groups is 5. The number of methoxy groups -OCH3 is 3. The standard InChI is InChI=1S/C51H79NO13/c1-30-16-12-11-13-17-31(2)42(61-8)28-38-21-19-36(7)51(60,65-38)48(57)49(58)52-23-15-14-18-39(52)50(59)64-43(33(4)26-37-20-22-40(53)44(27-37)62-9)29-41(54)32(3)25-35(6)46(56)47(63-10)45(55)34(5)24-30/h11-13,16-17,25,30,32-34,36-40,42-44,46-47,53,56,60H,14-15,18-24,26-29H2,1-10H3/b13-11+,16-12+,31-17+,35-25+/t30-,32?,33-,34-,36-,37+,38+,39+,40-,42?,43+,44?,46?,47+,51-/m1/s1. The number of hydrogen-bond acceptors (Lipinski definition) is 13. The molecule has 3 aliphatic heterocycles. The fourth-order valence-corrected chi connectivity index (χ4v) is 10.1. The normalized spacial score (nSPS) is 40.4. The first-order valence-corrected chi connectivity index (χ1v) is 23.9. The summed E-state index contributed by atoms with van der Waals surface area (Å²) in [4.78, 5) is 71.8. The van der Waals surface area contributed by atoms with Crippen molar-refractivity contribution in [3.63, 3.8) is 0 Å². The zero-order chi connectivity index (χ0) is 48.2. The predicted octanol–water partition coefficient (Wildman–Crippen LogP) is 6.18. The van der Waals surface area contributed by atoms with Crippen molar-refractivity contribution in [3.05, 3.63) is 47.6 Å². The summed E-state index contributed by atoms with van der Waals surface area (Å²) >= 11 is 0. The molecule has 3 heterocycles. The van der Waals surface area contributed by atoms with Gasteiger partial charge < -0.3 is 43.9 Å². The molecule has 4 unspecified atom stereocenters. The predicted molar refractivity (Wildman–Crippen MR) is 245 cm³/mol. The summed E-state index contributed by atoms with van der Waals surface area (Å²) in [5, 5.41) is 33.8. The Bertz CT molecular complexity index is 1760. The van der Waals surface area contributed by atoms with E-state index in [2.05, 4.69) is 0 Å². The van der Waals surface area contributed by atoms with E-state index in [9.17, 15) is 39.3 Å². The molecule has 15 atom stereocenters. The third-order valence-electron chi connectivity index (χ3n) is 14.5. The second-order valence-corrected chi connectivity index (χ2v) is 19.6. The number of carbonyl (C=O) groups excluding carboxylic acids is 5. The molecular formula is C51H79NO13. The third kappa shape index (κ3) is 14.3. The molecule has 0 spiro atoms. The van der Waals surface area contributed by atoms with E-state index in [4.69, 9.17) is 23.7 Å². The molecule has 14 heteroatoms. The van der Waals surface area contributed by atoms with Gasteiger partial charge in [0.2, 0.25) is 5.79 Å². The molecule has 4 aliphatic rings. The van der Waals surface area contributed by atoms with Gasteiger partial charge in [-0.25, -0.2) is 4.79 Å². The topological polar surface area (TPSA) is 195 Å². The molecule has 0 aromatic rings. The minimum atomic E-state index is -2.43. The fourth-order valence-electron chi connectivity index (χ4n) is 10.1. The number of piperidine rings is 1. The number of aliphatic hydroxyl groups is 3. The van der Waals surface area contributed by atoms with Gasteiger partial charge in [0.15, 0.2) is 5.78 Å². The molecule has 65 heavy (non-hydrogen) atoms. The number of esters is 1. The highest BCUT2D eigenvalue weighted by Crippen LogP contribution is 2.38. The molecule has 3 N–H and O–H groups in total. The average molecular weight is 914 g/mol. The van der Waals surface area contributed by atoms with E-state index < -0.39 is 83.9 Å². The monoisotopic (exact) mass is 914 g/mol. The molecule has 0 aromatic carbocycles. The number of aliphatic hydroxyl groups excluding tert-OH is 2. The van der Waals surface area contributed by atoms with Crippen molar-refractivity contribution < 1.29 is 63.0 Å². The van der Waals surface area contributed by atoms with Crippen molar-refractivity contribution >= 4 is 29.2 Å². The van der Waals surface area contributed by atoms with Gasteiger partial charge in [-0.2, -0.15) is 0 Å². The smallest absolute Gasteiger partial charge is 0.329 e. The number of amides is 1. The van der Waals surface area contributed by atoms with Crippen LogP contribution < -0.4 is 0 Å². The van der Waals surface area contributed by atoms with Crippen LogP contribution >= 0.6 is 0 Å². The van der Waals surface area contributed by atoms with Crippen LogP contribution in [-0.4, -0.2) is 132 Å². The highest BCUT2D eigenvalue weighted by molar-refractivity contribution is 6.39. The van der Waals surface area contributed by atoms with E-state index in [1.807, 2.05) is 58.1 Å². The van der Waals surface area contributed by atoms with Gasteiger partial charge in [-0.1, -0.05) is 71.1 Å².